The maximum atomic E-state index is 12.3. The van der Waals surface area contributed by atoms with Gasteiger partial charge in [-0.3, -0.25) is 0 Å². The molecule has 1 heterocycles. The van der Waals surface area contributed by atoms with E-state index < -0.39 is 12.5 Å². The van der Waals surface area contributed by atoms with Gasteiger partial charge in [-0.25, -0.2) is 8.78 Å². The number of hydrogen-bond acceptors (Lipinski definition) is 3. The Kier molecular flexibility index (Phi) is 2.12. The predicted molar refractivity (Wildman–Crippen MR) is 46.8 cm³/mol. The second kappa shape index (κ2) is 3.30. The van der Waals surface area contributed by atoms with Crippen LogP contribution in [0.25, 0.3) is 11.0 Å². The molecule has 0 bridgehead atoms. The summed E-state index contributed by atoms with van der Waals surface area (Å²) < 4.78 is 24.5. The van der Waals surface area contributed by atoms with Gasteiger partial charge in [0.05, 0.1) is 6.04 Å². The van der Waals surface area contributed by atoms with Crippen LogP contribution in [-0.4, -0.2) is 21.8 Å². The van der Waals surface area contributed by atoms with Crippen molar-refractivity contribution in [2.75, 3.05) is 0 Å². The molecule has 1 unspecified atom stereocenters. The Labute approximate surface area is 78.1 Å². The zero-order valence-corrected chi connectivity index (χ0v) is 7.11. The first kappa shape index (κ1) is 9.01. The highest BCUT2D eigenvalue weighted by Crippen LogP contribution is 2.20. The smallest absolute Gasteiger partial charge is 0.257 e. The van der Waals surface area contributed by atoms with Gasteiger partial charge in [-0.1, -0.05) is 6.07 Å². The Hall–Kier alpha value is -1.56. The highest BCUT2D eigenvalue weighted by molar-refractivity contribution is 5.74. The standard InChI is InChI=1S/C8H8F2N4/c9-8(10)7(11)4-1-2-5-6(3-4)13-14-12-5/h1-3,7-8H,11H2,(H,12,13,14). The van der Waals surface area contributed by atoms with Gasteiger partial charge >= 0.3 is 0 Å². The first-order valence-electron chi connectivity index (χ1n) is 4.02. The van der Waals surface area contributed by atoms with Crippen molar-refractivity contribution in [3.05, 3.63) is 23.8 Å². The van der Waals surface area contributed by atoms with Gasteiger partial charge in [-0.15, -0.1) is 0 Å². The van der Waals surface area contributed by atoms with Crippen LogP contribution in [0, 0.1) is 0 Å². The van der Waals surface area contributed by atoms with Crippen LogP contribution in [0.15, 0.2) is 18.2 Å². The normalized spacial score (nSPS) is 13.7. The molecule has 1 aromatic carbocycles. The molecule has 14 heavy (non-hydrogen) atoms. The minimum atomic E-state index is -2.57. The molecule has 2 aromatic rings. The van der Waals surface area contributed by atoms with Gasteiger partial charge in [0.25, 0.3) is 6.43 Å². The molecule has 0 aliphatic rings. The van der Waals surface area contributed by atoms with Crippen LogP contribution in [0.1, 0.15) is 11.6 Å². The summed E-state index contributed by atoms with van der Waals surface area (Å²) in [6.45, 7) is 0. The highest BCUT2D eigenvalue weighted by atomic mass is 19.3. The molecular weight excluding hydrogens is 190 g/mol. The van der Waals surface area contributed by atoms with Gasteiger partial charge in [0.15, 0.2) is 0 Å². The maximum Gasteiger partial charge on any atom is 0.257 e. The Bertz CT molecular complexity index is 440. The van der Waals surface area contributed by atoms with Gasteiger partial charge in [-0.2, -0.15) is 15.4 Å². The monoisotopic (exact) mass is 198 g/mol. The average molecular weight is 198 g/mol. The van der Waals surface area contributed by atoms with Crippen molar-refractivity contribution in [3.63, 3.8) is 0 Å². The minimum absolute atomic E-state index is 0.362. The summed E-state index contributed by atoms with van der Waals surface area (Å²) in [5, 5.41) is 9.99. The summed E-state index contributed by atoms with van der Waals surface area (Å²) in [5.41, 5.74) is 6.83. The number of H-pyrrole nitrogens is 1. The predicted octanol–water partition coefficient (Wildman–Crippen LogP) is 1.22. The second-order valence-corrected chi connectivity index (χ2v) is 2.93. The number of nitrogens with one attached hydrogen (secondary N) is 1. The van der Waals surface area contributed by atoms with Crippen LogP contribution in [0.5, 0.6) is 0 Å². The first-order chi connectivity index (χ1) is 6.68. The van der Waals surface area contributed by atoms with Crippen LogP contribution < -0.4 is 5.73 Å². The van der Waals surface area contributed by atoms with E-state index in [2.05, 4.69) is 15.4 Å². The van der Waals surface area contributed by atoms with Gasteiger partial charge in [0, 0.05) is 0 Å². The number of benzene rings is 1. The average Bonchev–Trinajstić information content (AvgIpc) is 2.62. The Balaban J connectivity index is 2.43. The topological polar surface area (TPSA) is 67.6 Å². The van der Waals surface area contributed by atoms with E-state index in [1.54, 1.807) is 6.07 Å². The SMILES string of the molecule is NC(c1ccc2n[nH]nc2c1)C(F)F. The van der Waals surface area contributed by atoms with Crippen LogP contribution in [-0.2, 0) is 0 Å². The molecule has 74 valence electrons. The number of nitrogens with two attached hydrogens (primary N) is 1. The molecule has 0 aliphatic heterocycles. The minimum Gasteiger partial charge on any atom is -0.319 e. The molecule has 0 fully saturated rings. The molecule has 6 heteroatoms. The number of halogens is 2. The van der Waals surface area contributed by atoms with Crippen molar-refractivity contribution in [1.29, 1.82) is 0 Å². The molecule has 3 N–H and O–H groups in total. The van der Waals surface area contributed by atoms with E-state index in [1.807, 2.05) is 0 Å². The summed E-state index contributed by atoms with van der Waals surface area (Å²) in [6, 6.07) is 3.38. The Morgan fingerprint density at radius 1 is 1.21 bits per heavy atom. The molecule has 1 atom stereocenters. The molecule has 2 rings (SSSR count). The van der Waals surface area contributed by atoms with Crippen molar-refractivity contribution in [2.45, 2.75) is 12.5 Å². The van der Waals surface area contributed by atoms with E-state index in [-0.39, 0.29) is 0 Å². The molecule has 0 saturated carbocycles. The zero-order chi connectivity index (χ0) is 10.1. The number of aromatic nitrogens is 3. The van der Waals surface area contributed by atoms with Crippen molar-refractivity contribution in [3.8, 4) is 0 Å². The largest absolute Gasteiger partial charge is 0.319 e. The summed E-state index contributed by atoms with van der Waals surface area (Å²) in [7, 11) is 0. The summed E-state index contributed by atoms with van der Waals surface area (Å²) in [5.74, 6) is 0. The van der Waals surface area contributed by atoms with Gasteiger partial charge in [0.1, 0.15) is 11.0 Å². The van der Waals surface area contributed by atoms with Crippen molar-refractivity contribution < 1.29 is 8.78 Å². The second-order valence-electron chi connectivity index (χ2n) is 2.93. The molecule has 4 nitrogen and oxygen atoms in total. The molecular formula is C8H8F2N4. The summed E-state index contributed by atoms with van der Waals surface area (Å²) >= 11 is 0. The number of hydrogen-bond donors (Lipinski definition) is 2. The van der Waals surface area contributed by atoms with Crippen molar-refractivity contribution in [2.24, 2.45) is 5.73 Å². The molecule has 0 saturated heterocycles. The number of aromatic amines is 1. The summed E-state index contributed by atoms with van der Waals surface area (Å²) in [4.78, 5) is 0. The van der Waals surface area contributed by atoms with E-state index in [0.717, 1.165) is 0 Å². The molecule has 0 amide bonds. The van der Waals surface area contributed by atoms with Crippen LogP contribution in [0.4, 0.5) is 8.78 Å². The molecule has 0 aliphatic carbocycles. The van der Waals surface area contributed by atoms with Crippen LogP contribution in [0.3, 0.4) is 0 Å². The quantitative estimate of drug-likeness (QED) is 0.762. The fourth-order valence-corrected chi connectivity index (χ4v) is 1.21. The number of nitrogens with zero attached hydrogens (tertiary/aromatic N) is 2. The fourth-order valence-electron chi connectivity index (χ4n) is 1.21. The molecule has 0 spiro atoms. The third kappa shape index (κ3) is 1.44. The first-order valence-corrected chi connectivity index (χ1v) is 4.02. The van der Waals surface area contributed by atoms with Crippen LogP contribution in [0.2, 0.25) is 0 Å². The van der Waals surface area contributed by atoms with E-state index in [0.29, 0.717) is 16.6 Å². The Morgan fingerprint density at radius 2 is 1.93 bits per heavy atom. The number of fused-ring (bicyclic) bond motifs is 1. The van der Waals surface area contributed by atoms with Crippen molar-refractivity contribution in [1.82, 2.24) is 15.4 Å². The molecule has 1 aromatic heterocycles. The highest BCUT2D eigenvalue weighted by Gasteiger charge is 2.17. The van der Waals surface area contributed by atoms with E-state index in [9.17, 15) is 8.78 Å². The lowest BCUT2D eigenvalue weighted by atomic mass is 10.1. The van der Waals surface area contributed by atoms with E-state index in [4.69, 9.17) is 5.73 Å². The van der Waals surface area contributed by atoms with Gasteiger partial charge in [-0.05, 0) is 17.7 Å². The lowest BCUT2D eigenvalue weighted by Crippen LogP contribution is -2.18. The van der Waals surface area contributed by atoms with Crippen LogP contribution >= 0.6 is 0 Å². The molecule has 0 radical (unpaired) electrons. The summed E-state index contributed by atoms with van der Waals surface area (Å²) in [6.07, 6.45) is -2.57. The number of rotatable bonds is 2. The zero-order valence-electron chi connectivity index (χ0n) is 7.11. The lowest BCUT2D eigenvalue weighted by Gasteiger charge is -2.09. The fraction of sp³-hybridized carbons (Fsp3) is 0.250. The third-order valence-electron chi connectivity index (χ3n) is 2.00. The lowest BCUT2D eigenvalue weighted by molar-refractivity contribution is 0.116. The van der Waals surface area contributed by atoms with E-state index in [1.165, 1.54) is 12.1 Å². The van der Waals surface area contributed by atoms with Crippen molar-refractivity contribution >= 4 is 11.0 Å². The van der Waals surface area contributed by atoms with Gasteiger partial charge in [0.2, 0.25) is 0 Å². The Morgan fingerprint density at radius 3 is 2.64 bits per heavy atom. The van der Waals surface area contributed by atoms with Gasteiger partial charge < -0.3 is 5.73 Å². The number of alkyl halides is 2. The van der Waals surface area contributed by atoms with E-state index >= 15 is 0 Å². The third-order valence-corrected chi connectivity index (χ3v) is 2.00. The maximum absolute atomic E-state index is 12.3.